The zero-order chi connectivity index (χ0) is 14.3. The molecule has 0 aromatic heterocycles. The van der Waals surface area contributed by atoms with Gasteiger partial charge < -0.3 is 4.90 Å². The van der Waals surface area contributed by atoms with E-state index in [0.717, 1.165) is 0 Å². The van der Waals surface area contributed by atoms with Crippen molar-refractivity contribution in [3.05, 3.63) is 35.9 Å². The lowest BCUT2D eigenvalue weighted by molar-refractivity contribution is -0.126. The largest absolute Gasteiger partial charge is 0.349 e. The van der Waals surface area contributed by atoms with Gasteiger partial charge in [0.25, 0.3) is 0 Å². The molecular formula is C15H29NO. The van der Waals surface area contributed by atoms with Crippen molar-refractivity contribution in [2.75, 3.05) is 14.1 Å². The number of hydrogen-bond donors (Lipinski definition) is 0. The van der Waals surface area contributed by atoms with E-state index in [0.29, 0.717) is 0 Å². The molecule has 0 bridgehead atoms. The van der Waals surface area contributed by atoms with E-state index < -0.39 is 0 Å². The molecule has 0 unspecified atom stereocenters. The van der Waals surface area contributed by atoms with Crippen LogP contribution in [0, 0.1) is 6.92 Å². The van der Waals surface area contributed by atoms with Gasteiger partial charge in [0.1, 0.15) is 0 Å². The summed E-state index contributed by atoms with van der Waals surface area (Å²) in [6.45, 7) is 11.6. The van der Waals surface area contributed by atoms with Gasteiger partial charge in [0, 0.05) is 21.0 Å². The summed E-state index contributed by atoms with van der Waals surface area (Å²) in [7, 11) is 3.45. The van der Waals surface area contributed by atoms with E-state index in [9.17, 15) is 4.79 Å². The van der Waals surface area contributed by atoms with Crippen LogP contribution in [-0.4, -0.2) is 24.9 Å². The van der Waals surface area contributed by atoms with Gasteiger partial charge in [-0.25, -0.2) is 0 Å². The minimum atomic E-state index is 0.0926. The van der Waals surface area contributed by atoms with Crippen molar-refractivity contribution in [2.45, 2.75) is 41.5 Å². The van der Waals surface area contributed by atoms with Crippen molar-refractivity contribution in [1.82, 2.24) is 4.90 Å². The Morgan fingerprint density at radius 1 is 0.941 bits per heavy atom. The van der Waals surface area contributed by atoms with Gasteiger partial charge in [0.05, 0.1) is 0 Å². The Bertz CT molecular complexity index is 242. The number of carbonyl (C=O) groups is 1. The van der Waals surface area contributed by atoms with Gasteiger partial charge in [0.15, 0.2) is 0 Å². The maximum Gasteiger partial charge on any atom is 0.218 e. The van der Waals surface area contributed by atoms with Gasteiger partial charge in [-0.05, 0) is 6.92 Å². The molecule has 0 fully saturated rings. The van der Waals surface area contributed by atoms with Crippen molar-refractivity contribution in [3.63, 3.8) is 0 Å². The van der Waals surface area contributed by atoms with Gasteiger partial charge >= 0.3 is 0 Å². The van der Waals surface area contributed by atoms with Gasteiger partial charge in [-0.2, -0.15) is 0 Å². The molecule has 0 N–H and O–H groups in total. The van der Waals surface area contributed by atoms with Gasteiger partial charge in [-0.15, -0.1) is 0 Å². The topological polar surface area (TPSA) is 20.3 Å². The number of nitrogens with zero attached hydrogens (tertiary/aromatic N) is 1. The second-order valence-corrected chi connectivity index (χ2v) is 3.07. The number of aryl methyl sites for hydroxylation is 1. The zero-order valence-electron chi connectivity index (χ0n) is 12.7. The van der Waals surface area contributed by atoms with Crippen molar-refractivity contribution in [3.8, 4) is 0 Å². The third kappa shape index (κ3) is 20.7. The lowest BCUT2D eigenvalue weighted by atomic mass is 10.2. The van der Waals surface area contributed by atoms with E-state index >= 15 is 0 Å². The first-order valence-electron chi connectivity index (χ1n) is 6.23. The van der Waals surface area contributed by atoms with E-state index in [4.69, 9.17) is 0 Å². The molecule has 2 heteroatoms. The smallest absolute Gasteiger partial charge is 0.218 e. The van der Waals surface area contributed by atoms with E-state index in [1.807, 2.05) is 45.9 Å². The van der Waals surface area contributed by atoms with Crippen molar-refractivity contribution >= 4 is 5.91 Å². The average Bonchev–Trinajstić information content (AvgIpc) is 2.36. The Kier molecular flexibility index (Phi) is 21.1. The van der Waals surface area contributed by atoms with Crippen molar-refractivity contribution in [1.29, 1.82) is 0 Å². The molecule has 0 saturated heterocycles. The molecule has 0 spiro atoms. The van der Waals surface area contributed by atoms with Crippen LogP contribution in [0.5, 0.6) is 0 Å². The quantitative estimate of drug-likeness (QED) is 0.666. The molecule has 0 aliphatic rings. The third-order valence-electron chi connectivity index (χ3n) is 1.57. The summed E-state index contributed by atoms with van der Waals surface area (Å²) in [4.78, 5) is 11.6. The van der Waals surface area contributed by atoms with E-state index in [1.165, 1.54) is 17.4 Å². The lowest BCUT2D eigenvalue weighted by Gasteiger charge is -2.02. The van der Waals surface area contributed by atoms with Crippen LogP contribution < -0.4 is 0 Å². The molecule has 0 aliphatic heterocycles. The summed E-state index contributed by atoms with van der Waals surface area (Å²) < 4.78 is 0. The van der Waals surface area contributed by atoms with Crippen molar-refractivity contribution in [2.24, 2.45) is 0 Å². The van der Waals surface area contributed by atoms with Crippen LogP contribution in [0.3, 0.4) is 0 Å². The van der Waals surface area contributed by atoms with Gasteiger partial charge in [-0.3, -0.25) is 4.79 Å². The monoisotopic (exact) mass is 239 g/mol. The molecule has 0 saturated carbocycles. The number of amides is 1. The Morgan fingerprint density at radius 3 is 1.35 bits per heavy atom. The number of benzene rings is 1. The van der Waals surface area contributed by atoms with Gasteiger partial charge in [-0.1, -0.05) is 63.6 Å². The fourth-order valence-corrected chi connectivity index (χ4v) is 0.534. The minimum Gasteiger partial charge on any atom is -0.349 e. The van der Waals surface area contributed by atoms with Crippen molar-refractivity contribution < 1.29 is 4.79 Å². The Labute approximate surface area is 108 Å². The second kappa shape index (κ2) is 17.1. The van der Waals surface area contributed by atoms with E-state index in [2.05, 4.69) is 19.1 Å². The molecule has 0 heterocycles. The minimum absolute atomic E-state index is 0.0926. The van der Waals surface area contributed by atoms with Crippen LogP contribution in [0.4, 0.5) is 0 Å². The highest BCUT2D eigenvalue weighted by molar-refractivity contribution is 5.72. The average molecular weight is 239 g/mol. The molecule has 1 amide bonds. The highest BCUT2D eigenvalue weighted by Gasteiger charge is 1.87. The summed E-state index contributed by atoms with van der Waals surface area (Å²) >= 11 is 0. The first kappa shape index (κ1) is 21.0. The Hall–Kier alpha value is -1.31. The van der Waals surface area contributed by atoms with E-state index in [1.54, 1.807) is 14.1 Å². The number of carbonyl (C=O) groups excluding carboxylic acids is 1. The van der Waals surface area contributed by atoms with Crippen LogP contribution in [0.1, 0.15) is 40.2 Å². The third-order valence-corrected chi connectivity index (χ3v) is 1.57. The molecule has 0 radical (unpaired) electrons. The highest BCUT2D eigenvalue weighted by atomic mass is 16.2. The molecule has 1 rings (SSSR count). The highest BCUT2D eigenvalue weighted by Crippen LogP contribution is 1.92. The van der Waals surface area contributed by atoms with Crippen LogP contribution in [0.2, 0.25) is 0 Å². The first-order chi connectivity index (χ1) is 8.04. The zero-order valence-corrected chi connectivity index (χ0v) is 12.7. The first-order valence-corrected chi connectivity index (χ1v) is 6.23. The van der Waals surface area contributed by atoms with Crippen LogP contribution in [-0.2, 0) is 4.79 Å². The lowest BCUT2D eigenvalue weighted by Crippen LogP contribution is -2.17. The second-order valence-electron chi connectivity index (χ2n) is 3.07. The SMILES string of the molecule is CC.CC.CC(=O)N(C)C.Cc1ccccc1. The molecule has 0 aliphatic carbocycles. The molecule has 1 aromatic rings. The molecule has 2 nitrogen and oxygen atoms in total. The maximum atomic E-state index is 10.1. The predicted molar refractivity (Wildman–Crippen MR) is 78.2 cm³/mol. The summed E-state index contributed by atoms with van der Waals surface area (Å²) in [6.07, 6.45) is 0. The Morgan fingerprint density at radius 2 is 1.24 bits per heavy atom. The maximum absolute atomic E-state index is 10.1. The summed E-state index contributed by atoms with van der Waals surface area (Å²) in [6, 6.07) is 10.3. The number of rotatable bonds is 0. The van der Waals surface area contributed by atoms with Crippen LogP contribution in [0.25, 0.3) is 0 Å². The molecular weight excluding hydrogens is 210 g/mol. The fraction of sp³-hybridized carbons (Fsp3) is 0.533. The predicted octanol–water partition coefficient (Wildman–Crippen LogP) is 4.14. The standard InChI is InChI=1S/C7H8.C4H9NO.2C2H6/c1-7-5-3-2-4-6-7;1-4(6)5(2)3;2*1-2/h2-6H,1H3;1-3H3;2*1-2H3. The summed E-state index contributed by atoms with van der Waals surface area (Å²) in [5, 5.41) is 0. The van der Waals surface area contributed by atoms with Crippen LogP contribution >= 0.6 is 0 Å². The molecule has 100 valence electrons. The van der Waals surface area contributed by atoms with Crippen LogP contribution in [0.15, 0.2) is 30.3 Å². The molecule has 0 atom stereocenters. The molecule has 17 heavy (non-hydrogen) atoms. The summed E-state index contributed by atoms with van der Waals surface area (Å²) in [5.74, 6) is 0.0926. The molecule has 1 aromatic carbocycles. The van der Waals surface area contributed by atoms with Gasteiger partial charge in [0.2, 0.25) is 5.91 Å². The Balaban J connectivity index is -0.000000180. The summed E-state index contributed by atoms with van der Waals surface area (Å²) in [5.41, 5.74) is 1.32. The van der Waals surface area contributed by atoms with E-state index in [-0.39, 0.29) is 5.91 Å². The normalized spacial score (nSPS) is 7.06. The fourth-order valence-electron chi connectivity index (χ4n) is 0.534. The number of hydrogen-bond acceptors (Lipinski definition) is 1.